The molecule has 1 unspecified atom stereocenters. The summed E-state index contributed by atoms with van der Waals surface area (Å²) in [6.45, 7) is -1.15. The van der Waals surface area contributed by atoms with Gasteiger partial charge in [-0.05, 0) is 12.1 Å². The van der Waals surface area contributed by atoms with Gasteiger partial charge < -0.3 is 10.2 Å². The second-order valence-corrected chi connectivity index (χ2v) is 5.58. The molecule has 3 rings (SSSR count). The van der Waals surface area contributed by atoms with Gasteiger partial charge in [0, 0.05) is 45.9 Å². The quantitative estimate of drug-likeness (QED) is 0.567. The van der Waals surface area contributed by atoms with Crippen LogP contribution in [0.5, 0.6) is 0 Å². The van der Waals surface area contributed by atoms with Gasteiger partial charge in [-0.25, -0.2) is 4.79 Å². The molecule has 0 bridgehead atoms. The number of imide groups is 1. The standard InChI is InChI=1S/C14H14F3N4O2.Pt/c15-14(16,17)9-20-11(22)13(7-10-3-1-2-4-19-10)8-18-5-6-21(13)12(20)23;/h1-4H,5-9H2;/q-1;. The third-order valence-electron chi connectivity index (χ3n) is 4.01. The summed E-state index contributed by atoms with van der Waals surface area (Å²) in [5, 5.41) is 4.15. The fraction of sp³-hybridized carbons (Fsp3) is 0.500. The minimum absolute atomic E-state index is 0. The molecule has 1 atom stereocenters. The molecule has 0 radical (unpaired) electrons. The predicted octanol–water partition coefficient (Wildman–Crippen LogP) is 1.57. The van der Waals surface area contributed by atoms with Crippen LogP contribution in [-0.4, -0.2) is 64.6 Å². The second-order valence-electron chi connectivity index (χ2n) is 5.58. The van der Waals surface area contributed by atoms with Crippen LogP contribution >= 0.6 is 0 Å². The van der Waals surface area contributed by atoms with Crippen LogP contribution in [0.1, 0.15) is 5.69 Å². The first kappa shape index (κ1) is 18.9. The number of fused-ring (bicyclic) bond motifs is 1. The van der Waals surface area contributed by atoms with Crippen LogP contribution in [0.3, 0.4) is 0 Å². The van der Waals surface area contributed by atoms with Gasteiger partial charge in [-0.15, -0.1) is 13.1 Å². The zero-order valence-corrected chi connectivity index (χ0v) is 14.7. The molecule has 0 aliphatic carbocycles. The maximum Gasteiger partial charge on any atom is 0.406 e. The van der Waals surface area contributed by atoms with Crippen molar-refractivity contribution in [1.82, 2.24) is 14.8 Å². The monoisotopic (exact) mass is 522 g/mol. The zero-order chi connectivity index (χ0) is 16.7. The summed E-state index contributed by atoms with van der Waals surface area (Å²) in [5.41, 5.74) is -0.862. The van der Waals surface area contributed by atoms with Crippen LogP contribution in [0, 0.1) is 0 Å². The van der Waals surface area contributed by atoms with Gasteiger partial charge >= 0.3 is 12.2 Å². The number of hydrogen-bond donors (Lipinski definition) is 0. The Morgan fingerprint density at radius 1 is 1.29 bits per heavy atom. The number of carbonyl (C=O) groups is 2. The van der Waals surface area contributed by atoms with Gasteiger partial charge in [-0.2, -0.15) is 13.2 Å². The SMILES string of the molecule is O=C1N(CC(F)(F)F)C(=O)C2(Cc3ccccn3)C[N-]CCN12.[Pt]. The van der Waals surface area contributed by atoms with E-state index < -0.39 is 30.2 Å². The van der Waals surface area contributed by atoms with Crippen LogP contribution in [0.2, 0.25) is 0 Å². The molecule has 3 heterocycles. The summed E-state index contributed by atoms with van der Waals surface area (Å²) in [4.78, 5) is 30.5. The number of halogens is 3. The van der Waals surface area contributed by atoms with Crippen molar-refractivity contribution in [2.24, 2.45) is 0 Å². The van der Waals surface area contributed by atoms with E-state index in [1.54, 1.807) is 18.2 Å². The third-order valence-corrected chi connectivity index (χ3v) is 4.01. The molecule has 1 aromatic rings. The first-order valence-corrected chi connectivity index (χ1v) is 7.07. The van der Waals surface area contributed by atoms with Crippen LogP contribution in [0.25, 0.3) is 5.32 Å². The molecule has 0 N–H and O–H groups in total. The molecular formula is C14H14F3N4O2Pt-. The van der Waals surface area contributed by atoms with Crippen molar-refractivity contribution in [1.29, 1.82) is 0 Å². The second kappa shape index (κ2) is 6.80. The summed E-state index contributed by atoms with van der Waals surface area (Å²) in [7, 11) is 0. The van der Waals surface area contributed by atoms with E-state index in [1.807, 2.05) is 0 Å². The van der Waals surface area contributed by atoms with Crippen molar-refractivity contribution in [3.8, 4) is 0 Å². The Hall–Kier alpha value is -1.47. The molecule has 0 saturated carbocycles. The van der Waals surface area contributed by atoms with Gasteiger partial charge in [-0.1, -0.05) is 6.07 Å². The number of rotatable bonds is 3. The zero-order valence-electron chi connectivity index (χ0n) is 12.4. The van der Waals surface area contributed by atoms with Gasteiger partial charge in [0.25, 0.3) is 5.91 Å². The minimum Gasteiger partial charge on any atom is -0.659 e. The fourth-order valence-electron chi connectivity index (χ4n) is 3.03. The number of hydrogen-bond acceptors (Lipinski definition) is 3. The van der Waals surface area contributed by atoms with E-state index in [0.29, 0.717) is 12.2 Å². The summed E-state index contributed by atoms with van der Waals surface area (Å²) in [6, 6.07) is 4.18. The summed E-state index contributed by atoms with van der Waals surface area (Å²) in [6.07, 6.45) is -3.05. The first-order valence-electron chi connectivity index (χ1n) is 7.07. The largest absolute Gasteiger partial charge is 0.659 e. The molecule has 134 valence electrons. The average Bonchev–Trinajstić information content (AvgIpc) is 2.70. The number of nitrogens with zero attached hydrogens (tertiary/aromatic N) is 4. The van der Waals surface area contributed by atoms with E-state index in [-0.39, 0.29) is 45.5 Å². The number of pyridine rings is 1. The molecule has 3 amide bonds. The smallest absolute Gasteiger partial charge is 0.406 e. The number of piperazine rings is 1. The van der Waals surface area contributed by atoms with Crippen LogP contribution in [-0.2, 0) is 32.3 Å². The van der Waals surface area contributed by atoms with Crippen molar-refractivity contribution >= 4 is 11.9 Å². The van der Waals surface area contributed by atoms with Gasteiger partial charge in [0.15, 0.2) is 0 Å². The maximum absolute atomic E-state index is 12.7. The van der Waals surface area contributed by atoms with Gasteiger partial charge in [0.2, 0.25) is 0 Å². The maximum atomic E-state index is 12.7. The number of alkyl halides is 3. The van der Waals surface area contributed by atoms with Crippen LogP contribution < -0.4 is 0 Å². The molecule has 2 aliphatic rings. The number of amides is 3. The minimum atomic E-state index is -4.64. The Kier molecular flexibility index (Phi) is 5.34. The molecule has 2 saturated heterocycles. The number of aromatic nitrogens is 1. The van der Waals surface area contributed by atoms with E-state index in [1.165, 1.54) is 11.1 Å². The molecule has 0 aromatic carbocycles. The molecule has 2 fully saturated rings. The summed E-state index contributed by atoms with van der Waals surface area (Å²) >= 11 is 0. The molecule has 6 nitrogen and oxygen atoms in total. The summed E-state index contributed by atoms with van der Waals surface area (Å²) in [5.74, 6) is -0.853. The van der Waals surface area contributed by atoms with E-state index in [4.69, 9.17) is 0 Å². The van der Waals surface area contributed by atoms with Crippen molar-refractivity contribution in [3.63, 3.8) is 0 Å². The first-order chi connectivity index (χ1) is 10.8. The molecule has 2 aliphatic heterocycles. The van der Waals surface area contributed by atoms with Crippen molar-refractivity contribution in [2.75, 3.05) is 26.2 Å². The van der Waals surface area contributed by atoms with E-state index in [9.17, 15) is 22.8 Å². The number of carbonyl (C=O) groups excluding carboxylic acids is 2. The van der Waals surface area contributed by atoms with Crippen molar-refractivity contribution < 1.29 is 43.8 Å². The number of urea groups is 1. The van der Waals surface area contributed by atoms with Crippen molar-refractivity contribution in [3.05, 3.63) is 35.4 Å². The molecule has 24 heavy (non-hydrogen) atoms. The Morgan fingerprint density at radius 3 is 2.67 bits per heavy atom. The Balaban J connectivity index is 0.00000208. The van der Waals surface area contributed by atoms with E-state index in [2.05, 4.69) is 10.3 Å². The van der Waals surface area contributed by atoms with Crippen LogP contribution in [0.4, 0.5) is 18.0 Å². The van der Waals surface area contributed by atoms with E-state index in [0.717, 1.165) is 0 Å². The fourth-order valence-corrected chi connectivity index (χ4v) is 3.03. The van der Waals surface area contributed by atoms with Gasteiger partial charge in [-0.3, -0.25) is 14.7 Å². The van der Waals surface area contributed by atoms with Gasteiger partial charge in [0.05, 0.1) is 0 Å². The summed E-state index contributed by atoms with van der Waals surface area (Å²) < 4.78 is 38.0. The molecule has 1 aromatic heterocycles. The van der Waals surface area contributed by atoms with E-state index >= 15 is 0 Å². The predicted molar refractivity (Wildman–Crippen MR) is 73.6 cm³/mol. The van der Waals surface area contributed by atoms with Crippen LogP contribution in [0.15, 0.2) is 24.4 Å². The average molecular weight is 522 g/mol. The topological polar surface area (TPSA) is 67.6 Å². The Morgan fingerprint density at radius 2 is 2.04 bits per heavy atom. The normalized spacial score (nSPS) is 24.0. The molecule has 10 heteroatoms. The Labute approximate surface area is 150 Å². The van der Waals surface area contributed by atoms with Gasteiger partial charge in [0.1, 0.15) is 12.1 Å². The molecule has 0 spiro atoms. The van der Waals surface area contributed by atoms with Crippen molar-refractivity contribution in [2.45, 2.75) is 18.1 Å². The third kappa shape index (κ3) is 3.32. The Bertz CT molecular complexity index is 628. The molecular weight excluding hydrogens is 508 g/mol.